The van der Waals surface area contributed by atoms with E-state index in [4.69, 9.17) is 0 Å². The first kappa shape index (κ1) is 21.8. The third-order valence-electron chi connectivity index (χ3n) is 6.78. The summed E-state index contributed by atoms with van der Waals surface area (Å²) in [7, 11) is 0. The Bertz CT molecular complexity index is 1320. The Morgan fingerprint density at radius 3 is 2.67 bits per heavy atom. The molecule has 9 heteroatoms. The molecule has 2 aliphatic rings. The standard InChI is InChI=1S/C24H24BrN5O3/c1-13-6-4-7-15-21(14(2)31)28-29(22(13)15)12-20(32)30-16(10-24(3)11-17(24)30)23(33)27-19-9-5-8-18(25)26-19/h4-9,16-17H,10-12H2,1-3H3,(H,26,27,33)/t16-,17+,24-/m0/s1. The van der Waals surface area contributed by atoms with E-state index < -0.39 is 6.04 Å². The highest BCUT2D eigenvalue weighted by Crippen LogP contribution is 2.59. The van der Waals surface area contributed by atoms with Gasteiger partial charge in [-0.2, -0.15) is 5.10 Å². The van der Waals surface area contributed by atoms with Crippen molar-refractivity contribution >= 4 is 50.2 Å². The molecule has 2 amide bonds. The fourth-order valence-corrected chi connectivity index (χ4v) is 5.39. The maximum absolute atomic E-state index is 13.5. The molecule has 2 fully saturated rings. The lowest BCUT2D eigenvalue weighted by molar-refractivity contribution is -0.138. The number of likely N-dealkylation sites (tertiary alicyclic amines) is 1. The average Bonchev–Trinajstić information content (AvgIpc) is 3.11. The molecular weight excluding hydrogens is 486 g/mol. The first-order valence-electron chi connectivity index (χ1n) is 10.9. The number of carbonyl (C=O) groups excluding carboxylic acids is 3. The van der Waals surface area contributed by atoms with Crippen molar-refractivity contribution in [2.75, 3.05) is 5.32 Å². The van der Waals surface area contributed by atoms with Crippen LogP contribution in [0.25, 0.3) is 10.9 Å². The molecular formula is C24H24BrN5O3. The van der Waals surface area contributed by atoms with Crippen molar-refractivity contribution in [3.8, 4) is 0 Å². The number of rotatable bonds is 5. The van der Waals surface area contributed by atoms with Gasteiger partial charge in [-0.05, 0) is 58.8 Å². The molecule has 1 aliphatic carbocycles. The van der Waals surface area contributed by atoms with Gasteiger partial charge in [0.15, 0.2) is 5.78 Å². The van der Waals surface area contributed by atoms with Crippen LogP contribution >= 0.6 is 15.9 Å². The fraction of sp³-hybridized carbons (Fsp3) is 0.375. The third-order valence-corrected chi connectivity index (χ3v) is 7.22. The van der Waals surface area contributed by atoms with Crippen molar-refractivity contribution in [3.05, 3.63) is 52.3 Å². The monoisotopic (exact) mass is 509 g/mol. The molecule has 0 bridgehead atoms. The minimum atomic E-state index is -0.572. The molecule has 8 nitrogen and oxygen atoms in total. The summed E-state index contributed by atoms with van der Waals surface area (Å²) in [5.41, 5.74) is 2.02. The zero-order valence-corrected chi connectivity index (χ0v) is 20.2. The van der Waals surface area contributed by atoms with E-state index in [2.05, 4.69) is 38.3 Å². The quantitative estimate of drug-likeness (QED) is 0.417. The van der Waals surface area contributed by atoms with Crippen LogP contribution in [0, 0.1) is 12.3 Å². The lowest BCUT2D eigenvalue weighted by atomic mass is 10.0. The van der Waals surface area contributed by atoms with Gasteiger partial charge < -0.3 is 10.2 Å². The van der Waals surface area contributed by atoms with Gasteiger partial charge in [0.2, 0.25) is 11.8 Å². The van der Waals surface area contributed by atoms with E-state index in [1.54, 1.807) is 27.8 Å². The van der Waals surface area contributed by atoms with Gasteiger partial charge >= 0.3 is 0 Å². The highest BCUT2D eigenvalue weighted by Gasteiger charge is 2.64. The lowest BCUT2D eigenvalue weighted by Gasteiger charge is -2.27. The van der Waals surface area contributed by atoms with E-state index in [-0.39, 0.29) is 35.6 Å². The number of pyridine rings is 1. The van der Waals surface area contributed by atoms with Crippen LogP contribution < -0.4 is 5.32 Å². The maximum Gasteiger partial charge on any atom is 0.248 e. The summed E-state index contributed by atoms with van der Waals surface area (Å²) in [6.45, 7) is 5.50. The zero-order chi connectivity index (χ0) is 23.5. The number of fused-ring (bicyclic) bond motifs is 2. The molecule has 0 spiro atoms. The van der Waals surface area contributed by atoms with Gasteiger partial charge in [-0.3, -0.25) is 19.1 Å². The smallest absolute Gasteiger partial charge is 0.248 e. The van der Waals surface area contributed by atoms with Crippen LogP contribution in [-0.2, 0) is 16.1 Å². The van der Waals surface area contributed by atoms with Gasteiger partial charge in [-0.15, -0.1) is 0 Å². The number of hydrogen-bond acceptors (Lipinski definition) is 5. The summed E-state index contributed by atoms with van der Waals surface area (Å²) >= 11 is 3.31. The predicted octanol–water partition coefficient (Wildman–Crippen LogP) is 3.72. The number of anilines is 1. The normalized spacial score (nSPS) is 23.5. The number of nitrogens with zero attached hydrogens (tertiary/aromatic N) is 4. The van der Waals surface area contributed by atoms with E-state index >= 15 is 0 Å². The summed E-state index contributed by atoms with van der Waals surface area (Å²) in [4.78, 5) is 44.8. The number of carbonyl (C=O) groups is 3. The SMILES string of the molecule is CC(=O)c1nn(CC(=O)N2[C@H](C(=O)Nc3cccc(Br)n3)C[C@@]3(C)C[C@@H]23)c2c(C)cccc12. The summed E-state index contributed by atoms with van der Waals surface area (Å²) in [5, 5.41) is 8.06. The summed E-state index contributed by atoms with van der Waals surface area (Å²) < 4.78 is 2.23. The highest BCUT2D eigenvalue weighted by molar-refractivity contribution is 9.10. The molecule has 170 valence electrons. The topological polar surface area (TPSA) is 97.2 Å². The minimum Gasteiger partial charge on any atom is -0.325 e. The Balaban J connectivity index is 1.43. The molecule has 1 aliphatic heterocycles. The predicted molar refractivity (Wildman–Crippen MR) is 127 cm³/mol. The number of hydrogen-bond donors (Lipinski definition) is 1. The Morgan fingerprint density at radius 1 is 1.18 bits per heavy atom. The minimum absolute atomic E-state index is 0.0277. The van der Waals surface area contributed by atoms with Gasteiger partial charge in [0, 0.05) is 18.4 Å². The fourth-order valence-electron chi connectivity index (χ4n) is 5.05. The third kappa shape index (κ3) is 3.74. The molecule has 3 aromatic rings. The molecule has 5 rings (SSSR count). The van der Waals surface area contributed by atoms with Gasteiger partial charge in [-0.25, -0.2) is 4.98 Å². The van der Waals surface area contributed by atoms with Crippen molar-refractivity contribution < 1.29 is 14.4 Å². The number of Topliss-reactive ketones (excluding diaryl/α,β-unsaturated/α-hetero) is 1. The molecule has 2 aromatic heterocycles. The highest BCUT2D eigenvalue weighted by atomic mass is 79.9. The van der Waals surface area contributed by atoms with Crippen molar-refractivity contribution in [2.45, 2.75) is 52.2 Å². The number of benzene rings is 1. The van der Waals surface area contributed by atoms with Gasteiger partial charge in [0.05, 0.1) is 5.52 Å². The molecule has 3 heterocycles. The van der Waals surface area contributed by atoms with E-state index in [1.165, 1.54) is 6.92 Å². The Hall–Kier alpha value is -3.07. The number of piperidine rings is 1. The van der Waals surface area contributed by atoms with Crippen LogP contribution in [0.3, 0.4) is 0 Å². The Kier molecular flexibility index (Phi) is 5.12. The summed E-state index contributed by atoms with van der Waals surface area (Å²) in [6, 6.07) is 10.4. The maximum atomic E-state index is 13.5. The first-order valence-corrected chi connectivity index (χ1v) is 11.7. The molecule has 1 aromatic carbocycles. The van der Waals surface area contributed by atoms with Crippen LogP contribution in [0.2, 0.25) is 0 Å². The Labute approximate surface area is 199 Å². The molecule has 0 unspecified atom stereocenters. The van der Waals surface area contributed by atoms with E-state index in [9.17, 15) is 14.4 Å². The number of halogens is 1. The molecule has 1 saturated carbocycles. The second kappa shape index (κ2) is 7.76. The van der Waals surface area contributed by atoms with Crippen molar-refractivity contribution in [2.24, 2.45) is 5.41 Å². The molecule has 1 saturated heterocycles. The summed E-state index contributed by atoms with van der Waals surface area (Å²) in [5.74, 6) is -0.126. The van der Waals surface area contributed by atoms with Crippen LogP contribution in [0.5, 0.6) is 0 Å². The zero-order valence-electron chi connectivity index (χ0n) is 18.6. The average molecular weight is 510 g/mol. The van der Waals surface area contributed by atoms with Crippen LogP contribution in [0.15, 0.2) is 41.0 Å². The second-order valence-electron chi connectivity index (χ2n) is 9.26. The largest absolute Gasteiger partial charge is 0.325 e. The number of aryl methyl sites for hydroxylation is 1. The van der Waals surface area contributed by atoms with Crippen LogP contribution in [0.4, 0.5) is 5.82 Å². The van der Waals surface area contributed by atoms with Gasteiger partial charge in [0.25, 0.3) is 0 Å². The number of amides is 2. The van der Waals surface area contributed by atoms with Crippen molar-refractivity contribution in [1.82, 2.24) is 19.7 Å². The van der Waals surface area contributed by atoms with E-state index in [0.717, 1.165) is 22.9 Å². The molecule has 33 heavy (non-hydrogen) atoms. The van der Waals surface area contributed by atoms with Crippen LogP contribution in [0.1, 0.15) is 42.7 Å². The lowest BCUT2D eigenvalue weighted by Crippen LogP contribution is -2.46. The number of ketones is 1. The molecule has 0 radical (unpaired) electrons. The van der Waals surface area contributed by atoms with E-state index in [1.807, 2.05) is 25.1 Å². The molecule has 3 atom stereocenters. The van der Waals surface area contributed by atoms with Crippen molar-refractivity contribution in [1.29, 1.82) is 0 Å². The number of para-hydroxylation sites is 1. The van der Waals surface area contributed by atoms with Crippen molar-refractivity contribution in [3.63, 3.8) is 0 Å². The number of nitrogens with one attached hydrogen (secondary N) is 1. The molecule has 1 N–H and O–H groups in total. The van der Waals surface area contributed by atoms with E-state index in [0.29, 0.717) is 22.5 Å². The number of aromatic nitrogens is 3. The van der Waals surface area contributed by atoms with Gasteiger partial charge in [-0.1, -0.05) is 31.2 Å². The van der Waals surface area contributed by atoms with Gasteiger partial charge in [0.1, 0.15) is 28.7 Å². The van der Waals surface area contributed by atoms with Crippen LogP contribution in [-0.4, -0.2) is 49.3 Å². The summed E-state index contributed by atoms with van der Waals surface area (Å²) in [6.07, 6.45) is 1.50. The second-order valence-corrected chi connectivity index (χ2v) is 10.1. The Morgan fingerprint density at radius 2 is 1.94 bits per heavy atom. The first-order chi connectivity index (χ1) is 15.7.